The Labute approximate surface area is 151 Å². The Kier molecular flexibility index (Phi) is 6.84. The molecule has 0 aliphatic carbocycles. The second kappa shape index (κ2) is 9.32. The summed E-state index contributed by atoms with van der Waals surface area (Å²) in [5, 5.41) is 6.49. The van der Waals surface area contributed by atoms with Gasteiger partial charge in [0, 0.05) is 45.2 Å². The van der Waals surface area contributed by atoms with Crippen LogP contribution in [0.2, 0.25) is 0 Å². The molecule has 138 valence electrons. The van der Waals surface area contributed by atoms with E-state index in [0.29, 0.717) is 6.54 Å². The summed E-state index contributed by atoms with van der Waals surface area (Å²) in [5.41, 5.74) is 2.60. The Morgan fingerprint density at radius 3 is 2.40 bits per heavy atom. The van der Waals surface area contributed by atoms with Gasteiger partial charge in [-0.2, -0.15) is 0 Å². The molecule has 2 aliphatic rings. The lowest BCUT2D eigenvalue weighted by molar-refractivity contribution is -0.125. The number of hydrogen-bond acceptors (Lipinski definition) is 4. The van der Waals surface area contributed by atoms with E-state index in [9.17, 15) is 4.79 Å². The van der Waals surface area contributed by atoms with Gasteiger partial charge in [-0.15, -0.1) is 0 Å². The van der Waals surface area contributed by atoms with Crippen molar-refractivity contribution in [3.05, 3.63) is 35.4 Å². The molecule has 0 spiro atoms. The number of piperazine rings is 1. The maximum Gasteiger partial charge on any atom is 0.223 e. The van der Waals surface area contributed by atoms with Crippen LogP contribution in [0.3, 0.4) is 0 Å². The molecular weight excluding hydrogens is 312 g/mol. The van der Waals surface area contributed by atoms with Crippen molar-refractivity contribution in [1.29, 1.82) is 0 Å². The van der Waals surface area contributed by atoms with Crippen molar-refractivity contribution in [2.45, 2.75) is 32.9 Å². The average Bonchev–Trinajstić information content (AvgIpc) is 2.68. The average molecular weight is 345 g/mol. The zero-order valence-electron chi connectivity index (χ0n) is 15.5. The van der Waals surface area contributed by atoms with Crippen LogP contribution in [-0.4, -0.2) is 61.5 Å². The van der Waals surface area contributed by atoms with Gasteiger partial charge < -0.3 is 15.5 Å². The van der Waals surface area contributed by atoms with Crippen molar-refractivity contribution in [3.8, 4) is 0 Å². The third-order valence-corrected chi connectivity index (χ3v) is 5.59. The number of carbonyl (C=O) groups excluding carboxylic acids is 1. The molecule has 0 unspecified atom stereocenters. The first kappa shape index (κ1) is 18.4. The fourth-order valence-corrected chi connectivity index (χ4v) is 3.80. The number of nitrogens with one attached hydrogen (secondary N) is 2. The van der Waals surface area contributed by atoms with E-state index in [-0.39, 0.29) is 11.8 Å². The lowest BCUT2D eigenvalue weighted by Crippen LogP contribution is -2.45. The zero-order valence-corrected chi connectivity index (χ0v) is 15.5. The van der Waals surface area contributed by atoms with E-state index < -0.39 is 0 Å². The first-order valence-electron chi connectivity index (χ1n) is 9.76. The summed E-state index contributed by atoms with van der Waals surface area (Å²) in [7, 11) is 0. The first-order chi connectivity index (χ1) is 12.3. The molecule has 3 rings (SSSR count). The lowest BCUT2D eigenvalue weighted by Gasteiger charge is -2.34. The molecule has 2 saturated heterocycles. The van der Waals surface area contributed by atoms with E-state index in [1.807, 2.05) is 0 Å². The minimum Gasteiger partial charge on any atom is -0.352 e. The number of amides is 1. The Hall–Kier alpha value is -1.43. The second-order valence-electron chi connectivity index (χ2n) is 7.22. The molecule has 0 atom stereocenters. The number of benzene rings is 1. The molecular formula is C20H32N4O. The third kappa shape index (κ3) is 5.27. The Balaban J connectivity index is 1.53. The van der Waals surface area contributed by atoms with Crippen LogP contribution < -0.4 is 10.6 Å². The molecule has 0 saturated carbocycles. The predicted octanol–water partition coefficient (Wildman–Crippen LogP) is 1.44. The van der Waals surface area contributed by atoms with Gasteiger partial charge in [-0.1, -0.05) is 31.2 Å². The van der Waals surface area contributed by atoms with Crippen LogP contribution in [0.1, 0.15) is 30.9 Å². The van der Waals surface area contributed by atoms with Crippen molar-refractivity contribution in [3.63, 3.8) is 0 Å². The van der Waals surface area contributed by atoms with E-state index in [2.05, 4.69) is 51.6 Å². The summed E-state index contributed by atoms with van der Waals surface area (Å²) in [6, 6.07) is 8.54. The number of likely N-dealkylation sites (N-methyl/N-ethyl adjacent to an activating group) is 1. The van der Waals surface area contributed by atoms with Crippen molar-refractivity contribution in [1.82, 2.24) is 20.4 Å². The molecule has 5 nitrogen and oxygen atoms in total. The second-order valence-corrected chi connectivity index (χ2v) is 7.22. The van der Waals surface area contributed by atoms with Gasteiger partial charge in [-0.05, 0) is 43.6 Å². The van der Waals surface area contributed by atoms with Crippen LogP contribution >= 0.6 is 0 Å². The molecule has 1 aromatic carbocycles. The smallest absolute Gasteiger partial charge is 0.223 e. The quantitative estimate of drug-likeness (QED) is 0.820. The maximum atomic E-state index is 12.4. The van der Waals surface area contributed by atoms with Gasteiger partial charge >= 0.3 is 0 Å². The largest absolute Gasteiger partial charge is 0.352 e. The van der Waals surface area contributed by atoms with Crippen LogP contribution in [0, 0.1) is 5.92 Å². The summed E-state index contributed by atoms with van der Waals surface area (Å²) in [6.45, 7) is 11.5. The molecule has 0 bridgehead atoms. The SMILES string of the molecule is CCN1CCN(Cc2ccccc2CNC(=O)C2CCNCC2)CC1. The van der Waals surface area contributed by atoms with Gasteiger partial charge in [0.1, 0.15) is 0 Å². The van der Waals surface area contributed by atoms with E-state index in [4.69, 9.17) is 0 Å². The highest BCUT2D eigenvalue weighted by Crippen LogP contribution is 2.15. The molecule has 5 heteroatoms. The van der Waals surface area contributed by atoms with Crippen LogP contribution in [0.5, 0.6) is 0 Å². The summed E-state index contributed by atoms with van der Waals surface area (Å²) in [5.74, 6) is 0.392. The van der Waals surface area contributed by atoms with Gasteiger partial charge in [0.05, 0.1) is 0 Å². The molecule has 25 heavy (non-hydrogen) atoms. The normalized spacial score (nSPS) is 20.5. The maximum absolute atomic E-state index is 12.4. The fraction of sp³-hybridized carbons (Fsp3) is 0.650. The number of hydrogen-bond donors (Lipinski definition) is 2. The minimum absolute atomic E-state index is 0.176. The Morgan fingerprint density at radius 1 is 1.08 bits per heavy atom. The van der Waals surface area contributed by atoms with Gasteiger partial charge in [0.25, 0.3) is 0 Å². The van der Waals surface area contributed by atoms with Crippen molar-refractivity contribution < 1.29 is 4.79 Å². The summed E-state index contributed by atoms with van der Waals surface area (Å²) >= 11 is 0. The van der Waals surface area contributed by atoms with E-state index >= 15 is 0 Å². The molecule has 2 aliphatic heterocycles. The van der Waals surface area contributed by atoms with Gasteiger partial charge in [-0.3, -0.25) is 9.69 Å². The first-order valence-corrected chi connectivity index (χ1v) is 9.76. The van der Waals surface area contributed by atoms with Crippen LogP contribution in [0.15, 0.2) is 24.3 Å². The highest BCUT2D eigenvalue weighted by Gasteiger charge is 2.21. The standard InChI is InChI=1S/C20H32N4O/c1-2-23-11-13-24(14-12-23)16-19-6-4-3-5-18(19)15-22-20(25)17-7-9-21-10-8-17/h3-6,17,21H,2,7-16H2,1H3,(H,22,25). The Bertz CT molecular complexity index is 548. The number of nitrogens with zero attached hydrogens (tertiary/aromatic N) is 2. The minimum atomic E-state index is 0.176. The van der Waals surface area contributed by atoms with Gasteiger partial charge in [-0.25, -0.2) is 0 Å². The molecule has 1 aromatic rings. The van der Waals surface area contributed by atoms with Gasteiger partial charge in [0.2, 0.25) is 5.91 Å². The predicted molar refractivity (Wildman–Crippen MR) is 101 cm³/mol. The molecule has 0 aromatic heterocycles. The highest BCUT2D eigenvalue weighted by molar-refractivity contribution is 5.78. The molecule has 2 fully saturated rings. The van der Waals surface area contributed by atoms with Gasteiger partial charge in [0.15, 0.2) is 0 Å². The summed E-state index contributed by atoms with van der Waals surface area (Å²) in [6.07, 6.45) is 1.91. The Morgan fingerprint density at radius 2 is 1.72 bits per heavy atom. The zero-order chi connectivity index (χ0) is 17.5. The summed E-state index contributed by atoms with van der Waals surface area (Å²) in [4.78, 5) is 17.4. The van der Waals surface area contributed by atoms with E-state index in [1.54, 1.807) is 0 Å². The molecule has 2 N–H and O–H groups in total. The topological polar surface area (TPSA) is 47.6 Å². The van der Waals surface area contributed by atoms with Crippen LogP contribution in [0.25, 0.3) is 0 Å². The molecule has 1 amide bonds. The highest BCUT2D eigenvalue weighted by atomic mass is 16.1. The van der Waals surface area contributed by atoms with Crippen molar-refractivity contribution in [2.75, 3.05) is 45.8 Å². The van der Waals surface area contributed by atoms with E-state index in [0.717, 1.165) is 65.2 Å². The monoisotopic (exact) mass is 344 g/mol. The van der Waals surface area contributed by atoms with Crippen LogP contribution in [-0.2, 0) is 17.9 Å². The fourth-order valence-electron chi connectivity index (χ4n) is 3.80. The van der Waals surface area contributed by atoms with Crippen molar-refractivity contribution in [2.24, 2.45) is 5.92 Å². The van der Waals surface area contributed by atoms with E-state index in [1.165, 1.54) is 11.1 Å². The molecule has 2 heterocycles. The number of carbonyl (C=O) groups is 1. The van der Waals surface area contributed by atoms with Crippen molar-refractivity contribution >= 4 is 5.91 Å². The summed E-state index contributed by atoms with van der Waals surface area (Å²) < 4.78 is 0. The van der Waals surface area contributed by atoms with Crippen LogP contribution in [0.4, 0.5) is 0 Å². The third-order valence-electron chi connectivity index (χ3n) is 5.59. The number of rotatable bonds is 6. The lowest BCUT2D eigenvalue weighted by atomic mass is 9.97. The number of piperidine rings is 1. The molecule has 0 radical (unpaired) electrons.